The van der Waals surface area contributed by atoms with Crippen molar-refractivity contribution in [3.63, 3.8) is 0 Å². The van der Waals surface area contributed by atoms with Gasteiger partial charge in [0.15, 0.2) is 5.16 Å². The van der Waals surface area contributed by atoms with E-state index in [2.05, 4.69) is 15.2 Å². The zero-order valence-electron chi connectivity index (χ0n) is 15.9. The Morgan fingerprint density at radius 1 is 1.28 bits per heavy atom. The molecule has 0 spiro atoms. The van der Waals surface area contributed by atoms with E-state index in [9.17, 15) is 18.0 Å². The Bertz CT molecular complexity index is 867. The lowest BCUT2D eigenvalue weighted by Crippen LogP contribution is -2.49. The van der Waals surface area contributed by atoms with Crippen molar-refractivity contribution >= 4 is 35.1 Å². The number of nitrogens with zero attached hydrogens (tertiary/aromatic N) is 6. The first-order valence-corrected chi connectivity index (χ1v) is 10.3. The molecule has 2 aromatic rings. The average Bonchev–Trinajstić information content (AvgIpc) is 3.14. The van der Waals surface area contributed by atoms with Gasteiger partial charge in [-0.05, 0) is 19.9 Å². The fourth-order valence-corrected chi connectivity index (χ4v) is 4.13. The number of piperazine rings is 1. The summed E-state index contributed by atoms with van der Waals surface area (Å²) in [6, 6.07) is 1.08. The molecule has 7 nitrogen and oxygen atoms in total. The molecule has 1 aliphatic heterocycles. The van der Waals surface area contributed by atoms with Crippen LogP contribution in [-0.4, -0.2) is 62.5 Å². The smallest absolute Gasteiger partial charge is 0.352 e. The lowest BCUT2D eigenvalue weighted by atomic mass is 10.2. The van der Waals surface area contributed by atoms with Gasteiger partial charge in [0.1, 0.15) is 12.1 Å². The molecular formula is C17H20ClF3N6OS. The summed E-state index contributed by atoms with van der Waals surface area (Å²) >= 11 is 7.34. The molecule has 0 aliphatic carbocycles. The number of thioether (sulfide) groups is 1. The lowest BCUT2D eigenvalue weighted by Gasteiger charge is -2.35. The maximum Gasteiger partial charge on any atom is 0.417 e. The molecule has 0 bridgehead atoms. The first kappa shape index (κ1) is 21.7. The van der Waals surface area contributed by atoms with E-state index in [0.717, 1.165) is 12.3 Å². The highest BCUT2D eigenvalue weighted by atomic mass is 35.5. The molecule has 0 atom stereocenters. The highest BCUT2D eigenvalue weighted by Gasteiger charge is 2.32. The number of hydrogen-bond acceptors (Lipinski definition) is 6. The molecule has 3 rings (SSSR count). The molecule has 0 saturated carbocycles. The van der Waals surface area contributed by atoms with Crippen LogP contribution in [0.2, 0.25) is 5.02 Å². The second-order valence-electron chi connectivity index (χ2n) is 6.80. The summed E-state index contributed by atoms with van der Waals surface area (Å²) in [4.78, 5) is 19.9. The van der Waals surface area contributed by atoms with Crippen molar-refractivity contribution in [2.24, 2.45) is 0 Å². The Labute approximate surface area is 175 Å². The monoisotopic (exact) mass is 448 g/mol. The van der Waals surface area contributed by atoms with Crippen LogP contribution in [0.3, 0.4) is 0 Å². The van der Waals surface area contributed by atoms with Crippen LogP contribution < -0.4 is 4.90 Å². The van der Waals surface area contributed by atoms with Crippen LogP contribution in [0, 0.1) is 0 Å². The summed E-state index contributed by atoms with van der Waals surface area (Å²) in [6.07, 6.45) is -2.07. The summed E-state index contributed by atoms with van der Waals surface area (Å²) in [5.41, 5.74) is -0.883. The van der Waals surface area contributed by atoms with Crippen molar-refractivity contribution in [1.82, 2.24) is 24.6 Å². The predicted molar refractivity (Wildman–Crippen MR) is 104 cm³/mol. The highest BCUT2D eigenvalue weighted by molar-refractivity contribution is 7.99. The Balaban J connectivity index is 1.55. The van der Waals surface area contributed by atoms with Crippen LogP contribution in [0.4, 0.5) is 19.0 Å². The molecule has 29 heavy (non-hydrogen) atoms. The predicted octanol–water partition coefficient (Wildman–Crippen LogP) is 3.37. The number of halogens is 4. The third kappa shape index (κ3) is 5.13. The van der Waals surface area contributed by atoms with Gasteiger partial charge in [0.25, 0.3) is 0 Å². The quantitative estimate of drug-likeness (QED) is 0.653. The second-order valence-corrected chi connectivity index (χ2v) is 8.15. The maximum absolute atomic E-state index is 12.8. The highest BCUT2D eigenvalue weighted by Crippen LogP contribution is 2.33. The van der Waals surface area contributed by atoms with Crippen LogP contribution in [0.1, 0.15) is 25.5 Å². The molecule has 1 amide bonds. The topological polar surface area (TPSA) is 67.2 Å². The zero-order chi connectivity index (χ0) is 21.2. The number of alkyl halides is 3. The van der Waals surface area contributed by atoms with Gasteiger partial charge in [-0.3, -0.25) is 4.79 Å². The molecule has 1 fully saturated rings. The second kappa shape index (κ2) is 8.78. The lowest BCUT2D eigenvalue weighted by molar-refractivity contribution is -0.137. The summed E-state index contributed by atoms with van der Waals surface area (Å²) in [7, 11) is 0. The SMILES string of the molecule is CC(C)n1cnnc1SCC(=O)N1CCN(c2ncc(C(F)(F)F)cc2Cl)CC1. The molecule has 0 radical (unpaired) electrons. The fraction of sp³-hybridized carbons (Fsp3) is 0.529. The van der Waals surface area contributed by atoms with Gasteiger partial charge in [0, 0.05) is 38.4 Å². The number of amides is 1. The minimum absolute atomic E-state index is 0.0283. The van der Waals surface area contributed by atoms with Crippen molar-refractivity contribution in [2.75, 3.05) is 36.8 Å². The first-order chi connectivity index (χ1) is 13.7. The van der Waals surface area contributed by atoms with Crippen molar-refractivity contribution in [3.05, 3.63) is 29.2 Å². The Morgan fingerprint density at radius 3 is 2.55 bits per heavy atom. The number of carbonyl (C=O) groups is 1. The van der Waals surface area contributed by atoms with E-state index in [-0.39, 0.29) is 22.7 Å². The van der Waals surface area contributed by atoms with Crippen LogP contribution in [-0.2, 0) is 11.0 Å². The van der Waals surface area contributed by atoms with Crippen molar-refractivity contribution < 1.29 is 18.0 Å². The van der Waals surface area contributed by atoms with Crippen molar-refractivity contribution in [3.8, 4) is 0 Å². The Hall–Kier alpha value is -2.01. The normalized spacial score (nSPS) is 15.3. The van der Waals surface area contributed by atoms with Crippen LogP contribution in [0.15, 0.2) is 23.7 Å². The molecule has 0 aromatic carbocycles. The van der Waals surface area contributed by atoms with Crippen LogP contribution in [0.5, 0.6) is 0 Å². The molecule has 1 saturated heterocycles. The number of aromatic nitrogens is 4. The van der Waals surface area contributed by atoms with E-state index in [0.29, 0.717) is 37.2 Å². The van der Waals surface area contributed by atoms with Gasteiger partial charge in [0.05, 0.1) is 16.3 Å². The van der Waals surface area contributed by atoms with Gasteiger partial charge in [-0.25, -0.2) is 4.98 Å². The molecule has 2 aromatic heterocycles. The zero-order valence-corrected chi connectivity index (χ0v) is 17.4. The summed E-state index contributed by atoms with van der Waals surface area (Å²) in [6.45, 7) is 5.78. The van der Waals surface area contributed by atoms with E-state index >= 15 is 0 Å². The number of pyridine rings is 1. The van der Waals surface area contributed by atoms with Gasteiger partial charge < -0.3 is 14.4 Å². The molecule has 1 aliphatic rings. The van der Waals surface area contributed by atoms with Crippen molar-refractivity contribution in [2.45, 2.75) is 31.2 Å². The van der Waals surface area contributed by atoms with Gasteiger partial charge in [-0.2, -0.15) is 13.2 Å². The summed E-state index contributed by atoms with van der Waals surface area (Å²) < 4.78 is 40.2. The minimum Gasteiger partial charge on any atom is -0.352 e. The average molecular weight is 449 g/mol. The van der Waals surface area contributed by atoms with E-state index in [1.54, 1.807) is 16.1 Å². The molecule has 3 heterocycles. The number of carbonyl (C=O) groups excluding carboxylic acids is 1. The van der Waals surface area contributed by atoms with E-state index in [1.165, 1.54) is 11.8 Å². The van der Waals surface area contributed by atoms with Gasteiger partial charge in [0.2, 0.25) is 5.91 Å². The standard InChI is InChI=1S/C17H20ClF3N6OS/c1-11(2)27-10-23-24-16(27)29-9-14(28)25-3-5-26(6-4-25)15-13(18)7-12(8-22-15)17(19,20)21/h7-8,10-11H,3-6,9H2,1-2H3. The summed E-state index contributed by atoms with van der Waals surface area (Å²) in [5.74, 6) is 0.510. The summed E-state index contributed by atoms with van der Waals surface area (Å²) in [5, 5.41) is 8.55. The Morgan fingerprint density at radius 2 is 1.97 bits per heavy atom. The third-order valence-electron chi connectivity index (χ3n) is 4.50. The first-order valence-electron chi connectivity index (χ1n) is 8.94. The van der Waals surface area contributed by atoms with Crippen molar-refractivity contribution in [1.29, 1.82) is 0 Å². The molecular weight excluding hydrogens is 429 g/mol. The van der Waals surface area contributed by atoms with E-state index in [4.69, 9.17) is 11.6 Å². The third-order valence-corrected chi connectivity index (χ3v) is 5.72. The van der Waals surface area contributed by atoms with Crippen LogP contribution in [0.25, 0.3) is 0 Å². The molecule has 12 heteroatoms. The van der Waals surface area contributed by atoms with E-state index < -0.39 is 11.7 Å². The minimum atomic E-state index is -4.49. The Kier molecular flexibility index (Phi) is 6.57. The molecule has 0 N–H and O–H groups in total. The molecule has 158 valence electrons. The molecule has 0 unspecified atom stereocenters. The van der Waals surface area contributed by atoms with Gasteiger partial charge in [-0.1, -0.05) is 23.4 Å². The van der Waals surface area contributed by atoms with Gasteiger partial charge >= 0.3 is 6.18 Å². The van der Waals surface area contributed by atoms with E-state index in [1.807, 2.05) is 18.4 Å². The largest absolute Gasteiger partial charge is 0.417 e. The number of hydrogen-bond donors (Lipinski definition) is 0. The number of anilines is 1. The van der Waals surface area contributed by atoms with Gasteiger partial charge in [-0.15, -0.1) is 10.2 Å². The van der Waals surface area contributed by atoms with Crippen LogP contribution >= 0.6 is 23.4 Å². The number of rotatable bonds is 5. The fourth-order valence-electron chi connectivity index (χ4n) is 2.89. The maximum atomic E-state index is 12.8.